The van der Waals surface area contributed by atoms with E-state index in [1.165, 1.54) is 0 Å². The molecule has 0 bridgehead atoms. The first-order chi connectivity index (χ1) is 4.31. The molecule has 1 unspecified atom stereocenters. The van der Waals surface area contributed by atoms with Gasteiger partial charge in [0.2, 0.25) is 0 Å². The van der Waals surface area contributed by atoms with Crippen LogP contribution >= 0.6 is 0 Å². The zero-order chi connectivity index (χ0) is 7.11. The Labute approximate surface area is 55.8 Å². The molecule has 0 saturated heterocycles. The first-order valence-corrected chi connectivity index (χ1v) is 3.21. The predicted molar refractivity (Wildman–Crippen MR) is 33.8 cm³/mol. The van der Waals surface area contributed by atoms with Gasteiger partial charge in [0.05, 0.1) is 6.61 Å². The summed E-state index contributed by atoms with van der Waals surface area (Å²) < 4.78 is 5.00. The van der Waals surface area contributed by atoms with Crippen molar-refractivity contribution in [2.75, 3.05) is 13.2 Å². The van der Waals surface area contributed by atoms with E-state index in [0.717, 1.165) is 0 Å². The van der Waals surface area contributed by atoms with Gasteiger partial charge in [-0.25, -0.2) is 9.78 Å². The van der Waals surface area contributed by atoms with Crippen LogP contribution in [0.15, 0.2) is 0 Å². The van der Waals surface area contributed by atoms with Crippen LogP contribution < -0.4 is 0 Å². The van der Waals surface area contributed by atoms with E-state index in [9.17, 15) is 0 Å². The van der Waals surface area contributed by atoms with E-state index in [4.69, 9.17) is 9.62 Å². The van der Waals surface area contributed by atoms with E-state index in [-0.39, 0.29) is 6.29 Å². The number of hydrogen-bond acceptors (Lipinski definition) is 3. The lowest BCUT2D eigenvalue weighted by atomic mass is 10.7. The van der Waals surface area contributed by atoms with Crippen molar-refractivity contribution in [2.45, 2.75) is 27.1 Å². The van der Waals surface area contributed by atoms with Gasteiger partial charge in [0, 0.05) is 6.61 Å². The highest BCUT2D eigenvalue weighted by Gasteiger charge is 1.98. The van der Waals surface area contributed by atoms with Crippen molar-refractivity contribution in [1.29, 1.82) is 0 Å². The molecule has 1 atom stereocenters. The highest BCUT2D eigenvalue weighted by Crippen LogP contribution is 1.92. The first-order valence-electron chi connectivity index (χ1n) is 3.21. The lowest BCUT2D eigenvalue weighted by Crippen LogP contribution is -2.12. The highest BCUT2D eigenvalue weighted by molar-refractivity contribution is 4.21. The summed E-state index contributed by atoms with van der Waals surface area (Å²) in [6.07, 6.45) is -0.255. The molecular weight excluding hydrogens is 120 g/mol. The van der Waals surface area contributed by atoms with Gasteiger partial charge in [0.25, 0.3) is 0 Å². The molecule has 0 aromatic carbocycles. The molecule has 0 aromatic rings. The molecule has 9 heavy (non-hydrogen) atoms. The maximum Gasteiger partial charge on any atom is 0.188 e. The van der Waals surface area contributed by atoms with Crippen molar-refractivity contribution in [3.8, 4) is 0 Å². The Bertz CT molecular complexity index is 56.3. The van der Waals surface area contributed by atoms with E-state index >= 15 is 0 Å². The number of ether oxygens (including phenoxy) is 1. The van der Waals surface area contributed by atoms with Crippen molar-refractivity contribution >= 4 is 0 Å². The maximum absolute atomic E-state index is 5.00. The van der Waals surface area contributed by atoms with Crippen LogP contribution in [-0.4, -0.2) is 19.5 Å². The smallest absolute Gasteiger partial charge is 0.188 e. The lowest BCUT2D eigenvalue weighted by molar-refractivity contribution is -0.370. The molecule has 0 saturated carbocycles. The third-order valence-corrected chi connectivity index (χ3v) is 0.723. The lowest BCUT2D eigenvalue weighted by Gasteiger charge is -2.09. The SMILES string of the molecule is CCOOC(C)OCC. The average molecular weight is 134 g/mol. The fraction of sp³-hybridized carbons (Fsp3) is 1.00. The van der Waals surface area contributed by atoms with Gasteiger partial charge in [-0.1, -0.05) is 0 Å². The van der Waals surface area contributed by atoms with Crippen molar-refractivity contribution in [3.63, 3.8) is 0 Å². The minimum absolute atomic E-state index is 0.255. The van der Waals surface area contributed by atoms with E-state index in [1.54, 1.807) is 6.92 Å². The second-order valence-electron chi connectivity index (χ2n) is 1.53. The normalized spacial score (nSPS) is 13.7. The molecule has 0 aromatic heterocycles. The van der Waals surface area contributed by atoms with Gasteiger partial charge >= 0.3 is 0 Å². The topological polar surface area (TPSA) is 27.7 Å². The molecule has 0 rings (SSSR count). The molecule has 3 nitrogen and oxygen atoms in total. The average Bonchev–Trinajstić information content (AvgIpc) is 1.85. The molecule has 56 valence electrons. The fourth-order valence-corrected chi connectivity index (χ4v) is 0.426. The van der Waals surface area contributed by atoms with E-state index in [0.29, 0.717) is 13.2 Å². The molecule has 0 aliphatic carbocycles. The number of hydrogen-bond donors (Lipinski definition) is 0. The summed E-state index contributed by atoms with van der Waals surface area (Å²) in [5.41, 5.74) is 0. The standard InChI is InChI=1S/C6H14O3/c1-4-7-6(3)9-8-5-2/h6H,4-5H2,1-3H3. The van der Waals surface area contributed by atoms with Crippen LogP contribution in [0.2, 0.25) is 0 Å². The summed E-state index contributed by atoms with van der Waals surface area (Å²) >= 11 is 0. The zero-order valence-corrected chi connectivity index (χ0v) is 6.22. The molecule has 0 radical (unpaired) electrons. The van der Waals surface area contributed by atoms with Crippen LogP contribution in [0.5, 0.6) is 0 Å². The van der Waals surface area contributed by atoms with Gasteiger partial charge in [-0.3, -0.25) is 0 Å². The van der Waals surface area contributed by atoms with Crippen molar-refractivity contribution in [3.05, 3.63) is 0 Å². The molecule has 0 fully saturated rings. The Kier molecular flexibility index (Phi) is 5.93. The fourth-order valence-electron chi connectivity index (χ4n) is 0.426. The molecule has 0 aliphatic heterocycles. The van der Waals surface area contributed by atoms with Gasteiger partial charge < -0.3 is 4.74 Å². The first kappa shape index (κ1) is 8.88. The van der Waals surface area contributed by atoms with Gasteiger partial charge in [-0.05, 0) is 20.8 Å². The Hall–Kier alpha value is -0.120. The summed E-state index contributed by atoms with van der Waals surface area (Å²) in [7, 11) is 0. The third-order valence-electron chi connectivity index (χ3n) is 0.723. The highest BCUT2D eigenvalue weighted by atomic mass is 17.2. The summed E-state index contributed by atoms with van der Waals surface area (Å²) in [6.45, 7) is 6.76. The van der Waals surface area contributed by atoms with E-state index in [2.05, 4.69) is 4.89 Å². The monoisotopic (exact) mass is 134 g/mol. The summed E-state index contributed by atoms with van der Waals surface area (Å²) in [4.78, 5) is 9.33. The minimum atomic E-state index is -0.255. The number of rotatable bonds is 5. The zero-order valence-electron chi connectivity index (χ0n) is 6.22. The largest absolute Gasteiger partial charge is 0.350 e. The Balaban J connectivity index is 2.95. The van der Waals surface area contributed by atoms with Crippen LogP contribution in [0.25, 0.3) is 0 Å². The van der Waals surface area contributed by atoms with Gasteiger partial charge in [-0.15, -0.1) is 0 Å². The molecular formula is C6H14O3. The van der Waals surface area contributed by atoms with Gasteiger partial charge in [0.1, 0.15) is 0 Å². The van der Waals surface area contributed by atoms with Crippen molar-refractivity contribution < 1.29 is 14.5 Å². The van der Waals surface area contributed by atoms with Crippen LogP contribution in [-0.2, 0) is 14.5 Å². The van der Waals surface area contributed by atoms with Crippen molar-refractivity contribution in [2.24, 2.45) is 0 Å². The Morgan fingerprint density at radius 1 is 1.22 bits per heavy atom. The molecule has 0 amide bonds. The summed E-state index contributed by atoms with van der Waals surface area (Å²) in [5.74, 6) is 0. The van der Waals surface area contributed by atoms with Crippen LogP contribution in [0.3, 0.4) is 0 Å². The Morgan fingerprint density at radius 3 is 2.33 bits per heavy atom. The van der Waals surface area contributed by atoms with Crippen molar-refractivity contribution in [1.82, 2.24) is 0 Å². The molecule has 0 aliphatic rings. The molecule has 0 spiro atoms. The Morgan fingerprint density at radius 2 is 1.89 bits per heavy atom. The van der Waals surface area contributed by atoms with Crippen LogP contribution in [0.4, 0.5) is 0 Å². The summed E-state index contributed by atoms with van der Waals surface area (Å²) in [5, 5.41) is 0. The maximum atomic E-state index is 5.00. The van der Waals surface area contributed by atoms with E-state index in [1.807, 2.05) is 13.8 Å². The van der Waals surface area contributed by atoms with Crippen LogP contribution in [0, 0.1) is 0 Å². The second-order valence-corrected chi connectivity index (χ2v) is 1.53. The summed E-state index contributed by atoms with van der Waals surface area (Å²) in [6, 6.07) is 0. The predicted octanol–water partition coefficient (Wildman–Crippen LogP) is 1.34. The van der Waals surface area contributed by atoms with Crippen LogP contribution in [0.1, 0.15) is 20.8 Å². The van der Waals surface area contributed by atoms with Gasteiger partial charge in [-0.2, -0.15) is 0 Å². The third kappa shape index (κ3) is 5.76. The minimum Gasteiger partial charge on any atom is -0.350 e. The van der Waals surface area contributed by atoms with E-state index < -0.39 is 0 Å². The molecule has 0 N–H and O–H groups in total. The molecule has 3 heteroatoms. The second kappa shape index (κ2) is 6.01. The quantitative estimate of drug-likeness (QED) is 0.322. The molecule has 0 heterocycles. The van der Waals surface area contributed by atoms with Gasteiger partial charge in [0.15, 0.2) is 6.29 Å².